The van der Waals surface area contributed by atoms with E-state index in [4.69, 9.17) is 9.84 Å². The Kier molecular flexibility index (Phi) is 2.34. The summed E-state index contributed by atoms with van der Waals surface area (Å²) in [6, 6.07) is -0.662. The molecule has 2 heterocycles. The van der Waals surface area contributed by atoms with Gasteiger partial charge in [0.15, 0.2) is 0 Å². The van der Waals surface area contributed by atoms with Crippen molar-refractivity contribution in [2.75, 3.05) is 13.2 Å². The van der Waals surface area contributed by atoms with E-state index in [1.54, 1.807) is 6.92 Å². The van der Waals surface area contributed by atoms with Crippen molar-refractivity contribution in [1.82, 2.24) is 10.2 Å². The summed E-state index contributed by atoms with van der Waals surface area (Å²) in [5.41, 5.74) is -1.06. The summed E-state index contributed by atoms with van der Waals surface area (Å²) in [5.74, 6) is -1.72. The smallest absolute Gasteiger partial charge is 0.325 e. The fraction of sp³-hybridized carbons (Fsp3) is 0.667. The van der Waals surface area contributed by atoms with Crippen molar-refractivity contribution in [2.24, 2.45) is 0 Å². The highest BCUT2D eigenvalue weighted by atomic mass is 16.5. The van der Waals surface area contributed by atoms with Gasteiger partial charge in [0.05, 0.1) is 6.10 Å². The Bertz CT molecular complexity index is 369. The summed E-state index contributed by atoms with van der Waals surface area (Å²) in [7, 11) is 0. The van der Waals surface area contributed by atoms with Gasteiger partial charge in [0.25, 0.3) is 5.91 Å². The lowest BCUT2D eigenvalue weighted by Crippen LogP contribution is -2.52. The van der Waals surface area contributed by atoms with Crippen molar-refractivity contribution < 1.29 is 24.2 Å². The van der Waals surface area contributed by atoms with Gasteiger partial charge in [-0.05, 0) is 6.92 Å². The van der Waals surface area contributed by atoms with Crippen LogP contribution in [0.1, 0.15) is 13.3 Å². The monoisotopic (exact) mass is 228 g/mol. The van der Waals surface area contributed by atoms with E-state index in [1.165, 1.54) is 0 Å². The van der Waals surface area contributed by atoms with Crippen molar-refractivity contribution in [3.63, 3.8) is 0 Å². The first-order valence-electron chi connectivity index (χ1n) is 4.95. The largest absolute Gasteiger partial charge is 0.480 e. The molecule has 2 saturated heterocycles. The van der Waals surface area contributed by atoms with Crippen LogP contribution in [0.2, 0.25) is 0 Å². The highest BCUT2D eigenvalue weighted by Crippen LogP contribution is 2.31. The van der Waals surface area contributed by atoms with Crippen LogP contribution in [0, 0.1) is 0 Å². The van der Waals surface area contributed by atoms with Crippen LogP contribution < -0.4 is 5.32 Å². The lowest BCUT2D eigenvalue weighted by atomic mass is 9.92. The zero-order chi connectivity index (χ0) is 11.9. The lowest BCUT2D eigenvalue weighted by Gasteiger charge is -2.23. The Morgan fingerprint density at radius 1 is 1.69 bits per heavy atom. The number of amides is 3. The van der Waals surface area contributed by atoms with E-state index in [2.05, 4.69) is 5.32 Å². The van der Waals surface area contributed by atoms with Gasteiger partial charge < -0.3 is 15.2 Å². The van der Waals surface area contributed by atoms with Crippen LogP contribution in [0.4, 0.5) is 4.79 Å². The van der Waals surface area contributed by atoms with Crippen molar-refractivity contribution in [1.29, 1.82) is 0 Å². The average molecular weight is 228 g/mol. The molecule has 2 N–H and O–H groups in total. The first kappa shape index (κ1) is 10.9. The number of hydrogen-bond donors (Lipinski definition) is 2. The molecule has 0 saturated carbocycles. The number of ether oxygens (including phenoxy) is 1. The Hall–Kier alpha value is -1.63. The van der Waals surface area contributed by atoms with Crippen LogP contribution >= 0.6 is 0 Å². The molecule has 0 aliphatic carbocycles. The molecule has 3 amide bonds. The minimum Gasteiger partial charge on any atom is -0.480 e. The molecule has 88 valence electrons. The van der Waals surface area contributed by atoms with E-state index < -0.39 is 36.1 Å². The van der Waals surface area contributed by atoms with E-state index in [0.717, 1.165) is 0 Å². The van der Waals surface area contributed by atoms with Gasteiger partial charge in [-0.15, -0.1) is 0 Å². The van der Waals surface area contributed by atoms with E-state index >= 15 is 0 Å². The number of carbonyl (C=O) groups is 3. The molecule has 2 aliphatic rings. The summed E-state index contributed by atoms with van der Waals surface area (Å²) in [6.07, 6.45) is -0.0442. The predicted molar refractivity (Wildman–Crippen MR) is 50.6 cm³/mol. The third kappa shape index (κ3) is 1.35. The molecule has 2 unspecified atom stereocenters. The number of nitrogens with zero attached hydrogens (tertiary/aromatic N) is 1. The standard InChI is InChI=1S/C9H12N2O5/c1-5-9(2-3-16-5)7(14)11(4-6(12)13)8(15)10-9/h5H,2-4H2,1H3,(H,10,15)(H,12,13). The minimum atomic E-state index is -1.22. The summed E-state index contributed by atoms with van der Waals surface area (Å²) in [6.45, 7) is 1.46. The molecule has 0 aromatic heterocycles. The first-order valence-corrected chi connectivity index (χ1v) is 4.95. The Morgan fingerprint density at radius 3 is 2.88 bits per heavy atom. The van der Waals surface area contributed by atoms with Gasteiger partial charge in [-0.1, -0.05) is 0 Å². The van der Waals surface area contributed by atoms with Crippen molar-refractivity contribution >= 4 is 17.9 Å². The number of urea groups is 1. The molecule has 0 aromatic rings. The molecule has 2 atom stereocenters. The van der Waals surface area contributed by atoms with E-state index in [1.807, 2.05) is 0 Å². The van der Waals surface area contributed by atoms with Gasteiger partial charge in [-0.2, -0.15) is 0 Å². The number of aliphatic carboxylic acids is 1. The molecule has 16 heavy (non-hydrogen) atoms. The Balaban J connectivity index is 2.25. The number of rotatable bonds is 2. The number of carboxylic acids is 1. The van der Waals surface area contributed by atoms with Gasteiger partial charge in [0.1, 0.15) is 12.1 Å². The molecule has 0 aromatic carbocycles. The van der Waals surface area contributed by atoms with Crippen LogP contribution in [0.25, 0.3) is 0 Å². The normalized spacial score (nSPS) is 33.6. The van der Waals surface area contributed by atoms with Crippen LogP contribution in [-0.2, 0) is 14.3 Å². The minimum absolute atomic E-state index is 0.383. The molecular weight excluding hydrogens is 216 g/mol. The number of nitrogens with one attached hydrogen (secondary N) is 1. The van der Waals surface area contributed by atoms with Gasteiger partial charge >= 0.3 is 12.0 Å². The SMILES string of the molecule is CC1OCCC12NC(=O)N(CC(=O)O)C2=O. The van der Waals surface area contributed by atoms with Crippen LogP contribution in [0.3, 0.4) is 0 Å². The highest BCUT2D eigenvalue weighted by Gasteiger charge is 2.57. The Morgan fingerprint density at radius 2 is 2.38 bits per heavy atom. The van der Waals surface area contributed by atoms with E-state index in [-0.39, 0.29) is 0 Å². The van der Waals surface area contributed by atoms with Gasteiger partial charge in [0.2, 0.25) is 0 Å². The number of carbonyl (C=O) groups excluding carboxylic acids is 2. The van der Waals surface area contributed by atoms with Gasteiger partial charge in [-0.25, -0.2) is 4.79 Å². The quantitative estimate of drug-likeness (QED) is 0.601. The van der Waals surface area contributed by atoms with Crippen LogP contribution in [-0.4, -0.2) is 52.7 Å². The third-order valence-corrected chi connectivity index (χ3v) is 3.05. The number of carboxylic acid groups (broad SMARTS) is 1. The summed E-state index contributed by atoms with van der Waals surface area (Å²) in [5, 5.41) is 11.1. The third-order valence-electron chi connectivity index (χ3n) is 3.05. The zero-order valence-corrected chi connectivity index (χ0v) is 8.73. The fourth-order valence-electron chi connectivity index (χ4n) is 2.11. The average Bonchev–Trinajstić information content (AvgIpc) is 2.65. The molecule has 2 rings (SSSR count). The van der Waals surface area contributed by atoms with E-state index in [9.17, 15) is 14.4 Å². The lowest BCUT2D eigenvalue weighted by molar-refractivity contribution is -0.143. The summed E-state index contributed by atoms with van der Waals surface area (Å²) in [4.78, 5) is 34.7. The number of imide groups is 1. The Labute approximate surface area is 91.3 Å². The van der Waals surface area contributed by atoms with Crippen molar-refractivity contribution in [3.8, 4) is 0 Å². The second-order valence-electron chi connectivity index (χ2n) is 3.95. The van der Waals surface area contributed by atoms with Gasteiger partial charge in [0, 0.05) is 13.0 Å². The van der Waals surface area contributed by atoms with Crippen LogP contribution in [0.5, 0.6) is 0 Å². The summed E-state index contributed by atoms with van der Waals surface area (Å²) < 4.78 is 5.25. The van der Waals surface area contributed by atoms with E-state index in [0.29, 0.717) is 17.9 Å². The molecule has 0 bridgehead atoms. The van der Waals surface area contributed by atoms with Crippen LogP contribution in [0.15, 0.2) is 0 Å². The molecule has 7 nitrogen and oxygen atoms in total. The zero-order valence-electron chi connectivity index (χ0n) is 8.73. The fourth-order valence-corrected chi connectivity index (χ4v) is 2.11. The molecule has 1 spiro atoms. The predicted octanol–water partition coefficient (Wildman–Crippen LogP) is -0.830. The van der Waals surface area contributed by atoms with Crippen molar-refractivity contribution in [2.45, 2.75) is 25.0 Å². The topological polar surface area (TPSA) is 95.9 Å². The molecule has 7 heteroatoms. The second kappa shape index (κ2) is 3.44. The maximum atomic E-state index is 12.0. The molecular formula is C9H12N2O5. The maximum absolute atomic E-state index is 12.0. The van der Waals surface area contributed by atoms with Gasteiger partial charge in [-0.3, -0.25) is 14.5 Å². The number of hydrogen-bond acceptors (Lipinski definition) is 4. The second-order valence-corrected chi connectivity index (χ2v) is 3.95. The highest BCUT2D eigenvalue weighted by molar-refractivity contribution is 6.09. The summed E-state index contributed by atoms with van der Waals surface area (Å²) >= 11 is 0. The molecule has 2 fully saturated rings. The first-order chi connectivity index (χ1) is 7.47. The maximum Gasteiger partial charge on any atom is 0.325 e. The molecule has 2 aliphatic heterocycles. The van der Waals surface area contributed by atoms with Crippen molar-refractivity contribution in [3.05, 3.63) is 0 Å². The molecule has 0 radical (unpaired) electrons.